The highest BCUT2D eigenvalue weighted by molar-refractivity contribution is 5.46. The Morgan fingerprint density at radius 1 is 1.05 bits per heavy atom. The van der Waals surface area contributed by atoms with Gasteiger partial charge in [-0.1, -0.05) is 30.3 Å². The molecule has 2 aromatic carbocycles. The van der Waals surface area contributed by atoms with Crippen molar-refractivity contribution in [2.24, 2.45) is 5.73 Å². The predicted octanol–water partition coefficient (Wildman–Crippen LogP) is 3.32. The third-order valence-electron chi connectivity index (χ3n) is 3.43. The molecule has 0 fully saturated rings. The molecule has 1 atom stereocenters. The first-order valence-electron chi connectivity index (χ1n) is 6.75. The van der Waals surface area contributed by atoms with Crippen LogP contribution in [0.2, 0.25) is 0 Å². The predicted molar refractivity (Wildman–Crippen MR) is 81.2 cm³/mol. The molecule has 0 bridgehead atoms. The number of benzene rings is 2. The first-order valence-corrected chi connectivity index (χ1v) is 6.75. The highest BCUT2D eigenvalue weighted by atomic mass is 16.5. The highest BCUT2D eigenvalue weighted by Gasteiger charge is 2.26. The minimum absolute atomic E-state index is 0.614. The molecule has 0 saturated carbocycles. The highest BCUT2D eigenvalue weighted by Crippen LogP contribution is 2.33. The fourth-order valence-electron chi connectivity index (χ4n) is 2.29. The Bertz CT molecular complexity index is 561. The number of hydrogen-bond acceptors (Lipinski definition) is 3. The van der Waals surface area contributed by atoms with Crippen LogP contribution in [0.5, 0.6) is 11.5 Å². The van der Waals surface area contributed by atoms with Crippen LogP contribution in [-0.4, -0.2) is 13.7 Å². The molecule has 0 aliphatic rings. The molecule has 3 heteroatoms. The van der Waals surface area contributed by atoms with E-state index in [0.717, 1.165) is 22.6 Å². The summed E-state index contributed by atoms with van der Waals surface area (Å²) in [4.78, 5) is 0. The Balaban J connectivity index is 2.38. The standard InChI is InChI=1S/C17H21NO2/c1-4-20-14-11-9-13(10-12-14)17(2,18)15-7-5-6-8-16(15)19-3/h5-12H,4,18H2,1-3H3. The van der Waals surface area contributed by atoms with E-state index < -0.39 is 5.54 Å². The molecule has 2 aromatic rings. The summed E-state index contributed by atoms with van der Waals surface area (Å²) in [5.74, 6) is 1.65. The average Bonchev–Trinajstić information content (AvgIpc) is 2.48. The largest absolute Gasteiger partial charge is 0.496 e. The summed E-state index contributed by atoms with van der Waals surface area (Å²) in [6.45, 7) is 4.61. The van der Waals surface area contributed by atoms with Gasteiger partial charge in [-0.05, 0) is 37.6 Å². The Hall–Kier alpha value is -2.00. The van der Waals surface area contributed by atoms with Crippen LogP contribution in [0.4, 0.5) is 0 Å². The van der Waals surface area contributed by atoms with Crippen molar-refractivity contribution >= 4 is 0 Å². The SMILES string of the molecule is CCOc1ccc(C(C)(N)c2ccccc2OC)cc1. The minimum Gasteiger partial charge on any atom is -0.496 e. The summed E-state index contributed by atoms with van der Waals surface area (Å²) in [6.07, 6.45) is 0. The summed E-state index contributed by atoms with van der Waals surface area (Å²) in [5, 5.41) is 0. The number of nitrogens with two attached hydrogens (primary N) is 1. The number of hydrogen-bond donors (Lipinski definition) is 1. The van der Waals surface area contributed by atoms with Crippen LogP contribution in [0.3, 0.4) is 0 Å². The van der Waals surface area contributed by atoms with Gasteiger partial charge in [0.1, 0.15) is 11.5 Å². The molecule has 0 radical (unpaired) electrons. The molecule has 0 spiro atoms. The summed E-state index contributed by atoms with van der Waals surface area (Å²) < 4.78 is 10.9. The van der Waals surface area contributed by atoms with E-state index in [0.29, 0.717) is 6.61 Å². The number of ether oxygens (including phenoxy) is 2. The van der Waals surface area contributed by atoms with E-state index in [1.54, 1.807) is 7.11 Å². The molecule has 106 valence electrons. The Morgan fingerprint density at radius 2 is 1.70 bits per heavy atom. The van der Waals surface area contributed by atoms with Crippen molar-refractivity contribution in [3.8, 4) is 11.5 Å². The second-order valence-electron chi connectivity index (χ2n) is 4.86. The Morgan fingerprint density at radius 3 is 2.30 bits per heavy atom. The second-order valence-corrected chi connectivity index (χ2v) is 4.86. The molecule has 1 unspecified atom stereocenters. The Labute approximate surface area is 120 Å². The van der Waals surface area contributed by atoms with E-state index in [2.05, 4.69) is 0 Å². The van der Waals surface area contributed by atoms with Crippen molar-refractivity contribution in [1.82, 2.24) is 0 Å². The molecule has 2 N–H and O–H groups in total. The van der Waals surface area contributed by atoms with Gasteiger partial charge in [-0.15, -0.1) is 0 Å². The summed E-state index contributed by atoms with van der Waals surface area (Å²) in [7, 11) is 1.66. The molecule has 0 aromatic heterocycles. The zero-order valence-electron chi connectivity index (χ0n) is 12.2. The monoisotopic (exact) mass is 271 g/mol. The molecule has 20 heavy (non-hydrogen) atoms. The third kappa shape index (κ3) is 2.78. The van der Waals surface area contributed by atoms with Gasteiger partial charge in [0.15, 0.2) is 0 Å². The maximum Gasteiger partial charge on any atom is 0.124 e. The van der Waals surface area contributed by atoms with Crippen molar-refractivity contribution < 1.29 is 9.47 Å². The molecule has 0 aliphatic heterocycles. The van der Waals surface area contributed by atoms with Crippen molar-refractivity contribution in [3.63, 3.8) is 0 Å². The Kier molecular flexibility index (Phi) is 4.30. The van der Waals surface area contributed by atoms with Gasteiger partial charge >= 0.3 is 0 Å². The van der Waals surface area contributed by atoms with Crippen molar-refractivity contribution in [3.05, 3.63) is 59.7 Å². The molecule has 0 saturated heterocycles. The van der Waals surface area contributed by atoms with Gasteiger partial charge in [0, 0.05) is 5.56 Å². The zero-order valence-corrected chi connectivity index (χ0v) is 12.2. The van der Waals surface area contributed by atoms with E-state index in [1.165, 1.54) is 0 Å². The molecule has 3 nitrogen and oxygen atoms in total. The van der Waals surface area contributed by atoms with Crippen LogP contribution in [0.15, 0.2) is 48.5 Å². The first kappa shape index (κ1) is 14.4. The summed E-state index contributed by atoms with van der Waals surface area (Å²) >= 11 is 0. The normalized spacial score (nSPS) is 13.6. The topological polar surface area (TPSA) is 44.5 Å². The van der Waals surface area contributed by atoms with Gasteiger partial charge in [0.25, 0.3) is 0 Å². The molecule has 2 rings (SSSR count). The van der Waals surface area contributed by atoms with Gasteiger partial charge < -0.3 is 15.2 Å². The number of methoxy groups -OCH3 is 1. The average molecular weight is 271 g/mol. The van der Waals surface area contributed by atoms with Crippen molar-refractivity contribution in [1.29, 1.82) is 0 Å². The van der Waals surface area contributed by atoms with E-state index in [1.807, 2.05) is 62.4 Å². The maximum absolute atomic E-state index is 6.54. The van der Waals surface area contributed by atoms with Gasteiger partial charge in [0.2, 0.25) is 0 Å². The quantitative estimate of drug-likeness (QED) is 0.907. The fraction of sp³-hybridized carbons (Fsp3) is 0.294. The van der Waals surface area contributed by atoms with Gasteiger partial charge in [-0.25, -0.2) is 0 Å². The molecular weight excluding hydrogens is 250 g/mol. The second kappa shape index (κ2) is 5.97. The molecule has 0 heterocycles. The van der Waals surface area contributed by atoms with Crippen LogP contribution in [0.25, 0.3) is 0 Å². The lowest BCUT2D eigenvalue weighted by atomic mass is 9.85. The van der Waals surface area contributed by atoms with Crippen LogP contribution in [0.1, 0.15) is 25.0 Å². The first-order chi connectivity index (χ1) is 9.59. The van der Waals surface area contributed by atoms with Crippen LogP contribution in [-0.2, 0) is 5.54 Å². The van der Waals surface area contributed by atoms with Crippen LogP contribution in [0, 0.1) is 0 Å². The van der Waals surface area contributed by atoms with E-state index in [-0.39, 0.29) is 0 Å². The fourth-order valence-corrected chi connectivity index (χ4v) is 2.29. The van der Waals surface area contributed by atoms with Crippen molar-refractivity contribution in [2.75, 3.05) is 13.7 Å². The van der Waals surface area contributed by atoms with Gasteiger partial charge in [0.05, 0.1) is 19.3 Å². The maximum atomic E-state index is 6.54. The third-order valence-corrected chi connectivity index (χ3v) is 3.43. The lowest BCUT2D eigenvalue weighted by molar-refractivity contribution is 0.340. The molecule has 0 amide bonds. The lowest BCUT2D eigenvalue weighted by Crippen LogP contribution is -2.34. The summed E-state index contributed by atoms with van der Waals surface area (Å²) in [5.41, 5.74) is 7.91. The lowest BCUT2D eigenvalue weighted by Gasteiger charge is -2.27. The van der Waals surface area contributed by atoms with E-state index in [9.17, 15) is 0 Å². The van der Waals surface area contributed by atoms with E-state index in [4.69, 9.17) is 15.2 Å². The number of rotatable bonds is 5. The van der Waals surface area contributed by atoms with Crippen molar-refractivity contribution in [2.45, 2.75) is 19.4 Å². The minimum atomic E-state index is -0.614. The zero-order chi connectivity index (χ0) is 14.6. The summed E-state index contributed by atoms with van der Waals surface area (Å²) in [6, 6.07) is 15.7. The van der Waals surface area contributed by atoms with E-state index >= 15 is 0 Å². The molecule has 0 aliphatic carbocycles. The smallest absolute Gasteiger partial charge is 0.124 e. The number of para-hydroxylation sites is 1. The van der Waals surface area contributed by atoms with Crippen LogP contribution >= 0.6 is 0 Å². The van der Waals surface area contributed by atoms with Gasteiger partial charge in [-0.3, -0.25) is 0 Å². The van der Waals surface area contributed by atoms with Crippen LogP contribution < -0.4 is 15.2 Å². The van der Waals surface area contributed by atoms with Gasteiger partial charge in [-0.2, -0.15) is 0 Å². The molecular formula is C17H21NO2.